The standard InChI is InChI=1S/C17H27N3/c1-13-9-17(16(10-18-2)11-19-13)20-8-7-14-5-3-4-6-15(14)12-20/h9,11,14-15,18H,3-8,10,12H2,1-2H3. The highest BCUT2D eigenvalue weighted by Gasteiger charge is 2.31. The SMILES string of the molecule is CNCc1cnc(C)cc1N1CCC2CCCCC2C1. The fourth-order valence-electron chi connectivity index (χ4n) is 4.01. The molecule has 2 fully saturated rings. The summed E-state index contributed by atoms with van der Waals surface area (Å²) in [5, 5.41) is 3.27. The molecule has 0 amide bonds. The number of aromatic nitrogens is 1. The van der Waals surface area contributed by atoms with Crippen molar-refractivity contribution in [3.8, 4) is 0 Å². The zero-order chi connectivity index (χ0) is 13.9. The Bertz CT molecular complexity index is 458. The topological polar surface area (TPSA) is 28.2 Å². The number of pyridine rings is 1. The Kier molecular flexibility index (Phi) is 4.25. The number of hydrogen-bond acceptors (Lipinski definition) is 3. The van der Waals surface area contributed by atoms with Crippen LogP contribution in [-0.4, -0.2) is 25.1 Å². The molecule has 2 unspecified atom stereocenters. The lowest BCUT2D eigenvalue weighted by Gasteiger charge is -2.43. The third-order valence-electron chi connectivity index (χ3n) is 5.10. The Morgan fingerprint density at radius 2 is 2.05 bits per heavy atom. The Labute approximate surface area is 122 Å². The molecule has 0 spiro atoms. The van der Waals surface area contributed by atoms with Crippen molar-refractivity contribution in [2.75, 3.05) is 25.0 Å². The van der Waals surface area contributed by atoms with Gasteiger partial charge in [0, 0.05) is 42.8 Å². The third kappa shape index (κ3) is 2.83. The van der Waals surface area contributed by atoms with Crippen LogP contribution < -0.4 is 10.2 Å². The van der Waals surface area contributed by atoms with Crippen LogP contribution in [0.3, 0.4) is 0 Å². The Balaban J connectivity index is 1.80. The molecule has 2 aliphatic rings. The monoisotopic (exact) mass is 273 g/mol. The number of rotatable bonds is 3. The lowest BCUT2D eigenvalue weighted by Crippen LogP contribution is -2.42. The quantitative estimate of drug-likeness (QED) is 0.917. The number of piperidine rings is 1. The minimum absolute atomic E-state index is 0.910. The van der Waals surface area contributed by atoms with E-state index in [1.165, 1.54) is 56.4 Å². The summed E-state index contributed by atoms with van der Waals surface area (Å²) in [5.74, 6) is 1.92. The van der Waals surface area contributed by atoms with Gasteiger partial charge >= 0.3 is 0 Å². The molecule has 1 saturated heterocycles. The number of hydrogen-bond donors (Lipinski definition) is 1. The first-order valence-electron chi connectivity index (χ1n) is 8.13. The van der Waals surface area contributed by atoms with Gasteiger partial charge in [-0.05, 0) is 44.7 Å². The minimum Gasteiger partial charge on any atom is -0.371 e. The van der Waals surface area contributed by atoms with Crippen LogP contribution in [0.15, 0.2) is 12.3 Å². The van der Waals surface area contributed by atoms with Crippen molar-refractivity contribution in [1.82, 2.24) is 10.3 Å². The minimum atomic E-state index is 0.910. The molecule has 1 aromatic rings. The van der Waals surface area contributed by atoms with Gasteiger partial charge in [-0.15, -0.1) is 0 Å². The van der Waals surface area contributed by atoms with E-state index in [0.717, 1.165) is 24.1 Å². The lowest BCUT2D eigenvalue weighted by atomic mass is 9.75. The second kappa shape index (κ2) is 6.13. The first-order valence-corrected chi connectivity index (χ1v) is 8.13. The zero-order valence-electron chi connectivity index (χ0n) is 12.9. The summed E-state index contributed by atoms with van der Waals surface area (Å²) in [5.41, 5.74) is 3.88. The normalized spacial score (nSPS) is 26.4. The lowest BCUT2D eigenvalue weighted by molar-refractivity contribution is 0.202. The van der Waals surface area contributed by atoms with Gasteiger partial charge < -0.3 is 10.2 Å². The maximum atomic E-state index is 4.47. The average molecular weight is 273 g/mol. The van der Waals surface area contributed by atoms with Gasteiger partial charge in [-0.1, -0.05) is 19.3 Å². The van der Waals surface area contributed by atoms with Crippen LogP contribution in [0.25, 0.3) is 0 Å². The molecule has 3 heteroatoms. The van der Waals surface area contributed by atoms with Gasteiger partial charge in [0.1, 0.15) is 0 Å². The van der Waals surface area contributed by atoms with Gasteiger partial charge in [-0.3, -0.25) is 4.98 Å². The summed E-state index contributed by atoms with van der Waals surface area (Å²) < 4.78 is 0. The molecule has 1 N–H and O–H groups in total. The second-order valence-electron chi connectivity index (χ2n) is 6.52. The molecule has 1 saturated carbocycles. The van der Waals surface area contributed by atoms with Gasteiger partial charge in [0.05, 0.1) is 0 Å². The highest BCUT2D eigenvalue weighted by molar-refractivity contribution is 5.54. The van der Waals surface area contributed by atoms with Crippen LogP contribution in [0.5, 0.6) is 0 Å². The molecule has 1 aliphatic heterocycles. The maximum Gasteiger partial charge on any atom is 0.0445 e. The van der Waals surface area contributed by atoms with Crippen LogP contribution in [0.2, 0.25) is 0 Å². The summed E-state index contributed by atoms with van der Waals surface area (Å²) >= 11 is 0. The molecule has 2 atom stereocenters. The van der Waals surface area contributed by atoms with E-state index in [1.807, 2.05) is 13.2 Å². The zero-order valence-corrected chi connectivity index (χ0v) is 12.9. The summed E-state index contributed by atoms with van der Waals surface area (Å²) in [6.45, 7) is 5.49. The van der Waals surface area contributed by atoms with E-state index in [4.69, 9.17) is 0 Å². The number of nitrogens with one attached hydrogen (secondary N) is 1. The van der Waals surface area contributed by atoms with E-state index in [9.17, 15) is 0 Å². The second-order valence-corrected chi connectivity index (χ2v) is 6.52. The third-order valence-corrected chi connectivity index (χ3v) is 5.10. The van der Waals surface area contributed by atoms with Crippen LogP contribution in [0.4, 0.5) is 5.69 Å². The summed E-state index contributed by atoms with van der Waals surface area (Å²) in [7, 11) is 2.01. The van der Waals surface area contributed by atoms with Crippen LogP contribution in [0.1, 0.15) is 43.4 Å². The summed E-state index contributed by atoms with van der Waals surface area (Å²) in [6, 6.07) is 2.27. The number of nitrogens with zero attached hydrogens (tertiary/aromatic N) is 2. The molecule has 0 radical (unpaired) electrons. The van der Waals surface area contributed by atoms with Crippen molar-refractivity contribution in [2.45, 2.75) is 45.6 Å². The van der Waals surface area contributed by atoms with E-state index in [-0.39, 0.29) is 0 Å². The average Bonchev–Trinajstić information content (AvgIpc) is 2.49. The van der Waals surface area contributed by atoms with Crippen molar-refractivity contribution in [3.63, 3.8) is 0 Å². The molecule has 1 aliphatic carbocycles. The number of fused-ring (bicyclic) bond motifs is 1. The van der Waals surface area contributed by atoms with Gasteiger partial charge in [-0.2, -0.15) is 0 Å². The first-order chi connectivity index (χ1) is 9.78. The summed E-state index contributed by atoms with van der Waals surface area (Å²) in [6.07, 6.45) is 9.23. The van der Waals surface area contributed by atoms with E-state index in [2.05, 4.69) is 28.2 Å². The van der Waals surface area contributed by atoms with E-state index < -0.39 is 0 Å². The van der Waals surface area contributed by atoms with E-state index in [0.29, 0.717) is 0 Å². The van der Waals surface area contributed by atoms with Gasteiger partial charge in [-0.25, -0.2) is 0 Å². The molecule has 3 nitrogen and oxygen atoms in total. The Morgan fingerprint density at radius 1 is 1.25 bits per heavy atom. The van der Waals surface area contributed by atoms with Crippen molar-refractivity contribution >= 4 is 5.69 Å². The van der Waals surface area contributed by atoms with Gasteiger partial charge in [0.25, 0.3) is 0 Å². The summed E-state index contributed by atoms with van der Waals surface area (Å²) in [4.78, 5) is 7.09. The maximum absolute atomic E-state index is 4.47. The fraction of sp³-hybridized carbons (Fsp3) is 0.706. The van der Waals surface area contributed by atoms with Crippen molar-refractivity contribution in [1.29, 1.82) is 0 Å². The van der Waals surface area contributed by atoms with Gasteiger partial charge in [0.15, 0.2) is 0 Å². The fourth-order valence-corrected chi connectivity index (χ4v) is 4.01. The predicted octanol–water partition coefficient (Wildman–Crippen LogP) is 3.13. The van der Waals surface area contributed by atoms with E-state index in [1.54, 1.807) is 0 Å². The Morgan fingerprint density at radius 3 is 2.85 bits per heavy atom. The number of aryl methyl sites for hydroxylation is 1. The molecule has 1 aromatic heterocycles. The highest BCUT2D eigenvalue weighted by Crippen LogP contribution is 2.38. The van der Waals surface area contributed by atoms with Crippen molar-refractivity contribution in [3.05, 3.63) is 23.5 Å². The first kappa shape index (κ1) is 13.9. The van der Waals surface area contributed by atoms with Crippen LogP contribution in [-0.2, 0) is 6.54 Å². The molecule has 110 valence electrons. The van der Waals surface area contributed by atoms with Crippen LogP contribution >= 0.6 is 0 Å². The predicted molar refractivity (Wildman–Crippen MR) is 84.0 cm³/mol. The number of anilines is 1. The molecule has 2 heterocycles. The van der Waals surface area contributed by atoms with Crippen molar-refractivity contribution in [2.24, 2.45) is 11.8 Å². The molecular weight excluding hydrogens is 246 g/mol. The Hall–Kier alpha value is -1.09. The van der Waals surface area contributed by atoms with Crippen LogP contribution in [0, 0.1) is 18.8 Å². The molecule has 0 aromatic carbocycles. The molecule has 0 bridgehead atoms. The largest absolute Gasteiger partial charge is 0.371 e. The van der Waals surface area contributed by atoms with E-state index >= 15 is 0 Å². The smallest absolute Gasteiger partial charge is 0.0445 e. The highest BCUT2D eigenvalue weighted by atomic mass is 15.1. The molecule has 3 rings (SSSR count). The van der Waals surface area contributed by atoms with Gasteiger partial charge in [0.2, 0.25) is 0 Å². The molecular formula is C17H27N3. The van der Waals surface area contributed by atoms with Crippen molar-refractivity contribution < 1.29 is 0 Å². The molecule has 20 heavy (non-hydrogen) atoms.